The van der Waals surface area contributed by atoms with Gasteiger partial charge in [0.2, 0.25) is 10.0 Å². The second kappa shape index (κ2) is 5.55. The Kier molecular flexibility index (Phi) is 3.60. The smallest absolute Gasteiger partial charge is 0.241 e. The van der Waals surface area contributed by atoms with Crippen molar-refractivity contribution in [2.75, 3.05) is 0 Å². The van der Waals surface area contributed by atoms with Gasteiger partial charge in [0.1, 0.15) is 5.60 Å². The Hall–Kier alpha value is -1.95. The zero-order chi connectivity index (χ0) is 16.8. The normalized spacial score (nSPS) is 25.3. The molecule has 4 rings (SSSR count). The highest BCUT2D eigenvalue weighted by Gasteiger charge is 2.48. The van der Waals surface area contributed by atoms with Crippen LogP contribution in [0.4, 0.5) is 0 Å². The monoisotopic (exact) mass is 341 g/mol. The highest BCUT2D eigenvalue weighted by Crippen LogP contribution is 2.45. The third-order valence-corrected chi connectivity index (χ3v) is 6.28. The average molecular weight is 341 g/mol. The summed E-state index contributed by atoms with van der Waals surface area (Å²) in [7, 11) is -3.61. The van der Waals surface area contributed by atoms with Crippen LogP contribution < -0.4 is 4.72 Å². The largest absolute Gasteiger partial charge is 0.363 e. The molecule has 1 aliphatic carbocycles. The lowest BCUT2D eigenvalue weighted by atomic mass is 9.87. The molecule has 1 aliphatic heterocycles. The molecule has 24 heavy (non-hydrogen) atoms. The number of benzene rings is 2. The topological polar surface area (TPSA) is 55.4 Å². The summed E-state index contributed by atoms with van der Waals surface area (Å²) in [6.45, 7) is 2.45. The standard InChI is InChI=1S/C19H19NO3S/c1-14-8-10-16(11-9-14)24(21,22)20-18-7-4-12-19(18)17-6-3-2-5-15(17)13-23-19/h2-11,18,20H,12-13H2,1H3/t18-,19+/m0/s1. The van der Waals surface area contributed by atoms with E-state index in [-0.39, 0.29) is 4.90 Å². The summed E-state index contributed by atoms with van der Waals surface area (Å²) in [6, 6.07) is 14.5. The second-order valence-corrected chi connectivity index (χ2v) is 8.09. The molecular formula is C19H19NO3S. The van der Waals surface area contributed by atoms with Crippen LogP contribution in [0.3, 0.4) is 0 Å². The molecule has 0 aromatic heterocycles. The number of aryl methyl sites for hydroxylation is 1. The predicted octanol–water partition coefficient (Wildman–Crippen LogP) is 3.03. The zero-order valence-corrected chi connectivity index (χ0v) is 14.2. The second-order valence-electron chi connectivity index (χ2n) is 6.38. The Morgan fingerprint density at radius 2 is 1.88 bits per heavy atom. The first-order valence-corrected chi connectivity index (χ1v) is 9.48. The molecule has 1 heterocycles. The molecule has 0 saturated carbocycles. The van der Waals surface area contributed by atoms with E-state index in [2.05, 4.69) is 4.72 Å². The van der Waals surface area contributed by atoms with E-state index in [0.717, 1.165) is 16.7 Å². The van der Waals surface area contributed by atoms with Crippen molar-refractivity contribution in [2.24, 2.45) is 0 Å². The quantitative estimate of drug-likeness (QED) is 0.873. The zero-order valence-electron chi connectivity index (χ0n) is 13.4. The van der Waals surface area contributed by atoms with E-state index < -0.39 is 21.7 Å². The molecule has 1 spiro atoms. The van der Waals surface area contributed by atoms with Crippen LogP contribution in [-0.4, -0.2) is 14.5 Å². The number of sulfonamides is 1. The lowest BCUT2D eigenvalue weighted by Gasteiger charge is -2.32. The van der Waals surface area contributed by atoms with Crippen LogP contribution in [-0.2, 0) is 27.0 Å². The number of rotatable bonds is 3. The van der Waals surface area contributed by atoms with Crippen molar-refractivity contribution >= 4 is 10.0 Å². The first-order chi connectivity index (χ1) is 11.5. The van der Waals surface area contributed by atoms with Gasteiger partial charge in [-0.25, -0.2) is 13.1 Å². The van der Waals surface area contributed by atoms with Gasteiger partial charge in [0.15, 0.2) is 0 Å². The lowest BCUT2D eigenvalue weighted by molar-refractivity contribution is -0.0419. The highest BCUT2D eigenvalue weighted by atomic mass is 32.2. The fraction of sp³-hybridized carbons (Fsp3) is 0.263. The van der Waals surface area contributed by atoms with Crippen molar-refractivity contribution in [1.82, 2.24) is 4.72 Å². The van der Waals surface area contributed by atoms with Gasteiger partial charge in [0.05, 0.1) is 17.5 Å². The minimum atomic E-state index is -3.61. The highest BCUT2D eigenvalue weighted by molar-refractivity contribution is 7.89. The third-order valence-electron chi connectivity index (χ3n) is 4.82. The molecule has 1 N–H and O–H groups in total. The summed E-state index contributed by atoms with van der Waals surface area (Å²) >= 11 is 0. The van der Waals surface area contributed by atoms with Crippen molar-refractivity contribution < 1.29 is 13.2 Å². The van der Waals surface area contributed by atoms with Crippen LogP contribution in [0.15, 0.2) is 65.6 Å². The Bertz CT molecular complexity index is 902. The third kappa shape index (κ3) is 2.40. The van der Waals surface area contributed by atoms with E-state index in [1.54, 1.807) is 24.3 Å². The van der Waals surface area contributed by atoms with Crippen LogP contribution in [0.2, 0.25) is 0 Å². The molecule has 0 amide bonds. The molecule has 4 nitrogen and oxygen atoms in total. The molecule has 2 aromatic carbocycles. The molecule has 0 saturated heterocycles. The summed E-state index contributed by atoms with van der Waals surface area (Å²) in [6.07, 6.45) is 4.56. The number of hydrogen-bond acceptors (Lipinski definition) is 3. The van der Waals surface area contributed by atoms with Crippen LogP contribution in [0.1, 0.15) is 23.1 Å². The molecule has 2 aromatic rings. The van der Waals surface area contributed by atoms with Gasteiger partial charge >= 0.3 is 0 Å². The van der Waals surface area contributed by atoms with E-state index in [0.29, 0.717) is 13.0 Å². The Labute approximate surface area is 142 Å². The van der Waals surface area contributed by atoms with E-state index >= 15 is 0 Å². The molecule has 0 bridgehead atoms. The average Bonchev–Trinajstić information content (AvgIpc) is 3.14. The Morgan fingerprint density at radius 1 is 1.12 bits per heavy atom. The minimum absolute atomic E-state index is 0.273. The molecule has 0 radical (unpaired) electrons. The van der Waals surface area contributed by atoms with E-state index in [1.165, 1.54) is 0 Å². The van der Waals surface area contributed by atoms with Gasteiger partial charge in [-0.15, -0.1) is 0 Å². The molecule has 124 valence electrons. The van der Waals surface area contributed by atoms with Crippen molar-refractivity contribution in [2.45, 2.75) is 36.5 Å². The Morgan fingerprint density at radius 3 is 2.67 bits per heavy atom. The number of nitrogens with one attached hydrogen (secondary N) is 1. The van der Waals surface area contributed by atoms with Crippen molar-refractivity contribution in [3.05, 3.63) is 77.4 Å². The van der Waals surface area contributed by atoms with Crippen molar-refractivity contribution in [3.8, 4) is 0 Å². The summed E-state index contributed by atoms with van der Waals surface area (Å²) in [5.41, 5.74) is 2.60. The van der Waals surface area contributed by atoms with Crippen LogP contribution in [0.25, 0.3) is 0 Å². The van der Waals surface area contributed by atoms with E-state index in [1.807, 2.05) is 43.3 Å². The van der Waals surface area contributed by atoms with Gasteiger partial charge < -0.3 is 4.74 Å². The van der Waals surface area contributed by atoms with Gasteiger partial charge in [0, 0.05) is 6.42 Å². The molecule has 2 aliphatic rings. The van der Waals surface area contributed by atoms with Crippen LogP contribution in [0.5, 0.6) is 0 Å². The fourth-order valence-corrected chi connectivity index (χ4v) is 4.75. The number of fused-ring (bicyclic) bond motifs is 2. The van der Waals surface area contributed by atoms with Gasteiger partial charge in [-0.1, -0.05) is 54.1 Å². The van der Waals surface area contributed by atoms with E-state index in [4.69, 9.17) is 4.74 Å². The van der Waals surface area contributed by atoms with Gasteiger partial charge in [-0.2, -0.15) is 0 Å². The maximum atomic E-state index is 12.8. The first kappa shape index (κ1) is 15.6. The minimum Gasteiger partial charge on any atom is -0.363 e. The summed E-state index contributed by atoms with van der Waals surface area (Å²) in [4.78, 5) is 0.273. The molecular weight excluding hydrogens is 322 g/mol. The van der Waals surface area contributed by atoms with Gasteiger partial charge in [-0.05, 0) is 30.2 Å². The summed E-state index contributed by atoms with van der Waals surface area (Å²) in [5.74, 6) is 0. The summed E-state index contributed by atoms with van der Waals surface area (Å²) in [5, 5.41) is 0. The summed E-state index contributed by atoms with van der Waals surface area (Å²) < 4.78 is 34.4. The number of ether oxygens (including phenoxy) is 1. The van der Waals surface area contributed by atoms with Gasteiger partial charge in [-0.3, -0.25) is 0 Å². The van der Waals surface area contributed by atoms with Crippen LogP contribution in [0, 0.1) is 6.92 Å². The van der Waals surface area contributed by atoms with Crippen LogP contribution >= 0.6 is 0 Å². The van der Waals surface area contributed by atoms with Crippen molar-refractivity contribution in [1.29, 1.82) is 0 Å². The SMILES string of the molecule is Cc1ccc(S(=O)(=O)N[C@H]2C=CC[C@]23OCc2ccccc23)cc1. The molecule has 0 unspecified atom stereocenters. The van der Waals surface area contributed by atoms with E-state index in [9.17, 15) is 8.42 Å². The molecule has 5 heteroatoms. The molecule has 2 atom stereocenters. The Balaban J connectivity index is 1.67. The lowest BCUT2D eigenvalue weighted by Crippen LogP contribution is -2.47. The predicted molar refractivity (Wildman–Crippen MR) is 92.0 cm³/mol. The number of hydrogen-bond donors (Lipinski definition) is 1. The fourth-order valence-electron chi connectivity index (χ4n) is 3.52. The maximum absolute atomic E-state index is 12.8. The van der Waals surface area contributed by atoms with Crippen molar-refractivity contribution in [3.63, 3.8) is 0 Å². The molecule has 0 fully saturated rings. The maximum Gasteiger partial charge on any atom is 0.241 e. The van der Waals surface area contributed by atoms with Gasteiger partial charge in [0.25, 0.3) is 0 Å². The first-order valence-electron chi connectivity index (χ1n) is 7.99.